The quantitative estimate of drug-likeness (QED) is 0.506. The number of urea groups is 1. The van der Waals surface area contributed by atoms with Crippen LogP contribution in [0.3, 0.4) is 0 Å². The topological polar surface area (TPSA) is 59.6 Å². The number of carbonyl (C=O) groups is 1. The fourth-order valence-electron chi connectivity index (χ4n) is 2.48. The Hall–Kier alpha value is -1.37. The van der Waals surface area contributed by atoms with Crippen LogP contribution in [0.4, 0.5) is 4.79 Å². The Labute approximate surface area is 141 Å². The Balaban J connectivity index is 2.28. The van der Waals surface area contributed by atoms with Crippen molar-refractivity contribution in [2.24, 2.45) is 0 Å². The maximum atomic E-state index is 11.9. The van der Waals surface area contributed by atoms with E-state index in [1.54, 1.807) is 0 Å². The van der Waals surface area contributed by atoms with Crippen LogP contribution in [0.1, 0.15) is 38.8 Å². The summed E-state index contributed by atoms with van der Waals surface area (Å²) < 4.78 is 11.6. The fourth-order valence-corrected chi connectivity index (χ4v) is 4.89. The molecule has 0 saturated carbocycles. The summed E-state index contributed by atoms with van der Waals surface area (Å²) in [7, 11) is -2.08. The van der Waals surface area contributed by atoms with Crippen molar-refractivity contribution in [3.05, 3.63) is 35.9 Å². The Bertz CT molecular complexity index is 450. The van der Waals surface area contributed by atoms with Crippen molar-refractivity contribution >= 4 is 14.6 Å². The highest BCUT2D eigenvalue weighted by molar-refractivity contribution is 6.66. The third-order valence-corrected chi connectivity index (χ3v) is 6.70. The highest BCUT2D eigenvalue weighted by Gasteiger charge is 2.29. The zero-order chi connectivity index (χ0) is 17.1. The molecule has 0 aromatic heterocycles. The SMILES string of the molecule is CCO[Si](C)(CCCNC(=O)N[C@H](C)c1ccccc1)OCC. The molecule has 2 amide bonds. The minimum Gasteiger partial charge on any atom is -0.395 e. The van der Waals surface area contributed by atoms with Gasteiger partial charge in [-0.25, -0.2) is 4.79 Å². The van der Waals surface area contributed by atoms with Gasteiger partial charge in [0.2, 0.25) is 0 Å². The molecule has 0 heterocycles. The van der Waals surface area contributed by atoms with E-state index in [0.29, 0.717) is 19.8 Å². The number of hydrogen-bond donors (Lipinski definition) is 2. The summed E-state index contributed by atoms with van der Waals surface area (Å²) in [6, 6.07) is 10.6. The zero-order valence-electron chi connectivity index (χ0n) is 14.7. The Morgan fingerprint density at radius 3 is 2.35 bits per heavy atom. The molecule has 0 aliphatic heterocycles. The lowest BCUT2D eigenvalue weighted by Crippen LogP contribution is -2.41. The van der Waals surface area contributed by atoms with Gasteiger partial charge in [0.25, 0.3) is 0 Å². The molecule has 130 valence electrons. The van der Waals surface area contributed by atoms with Crippen molar-refractivity contribution in [1.82, 2.24) is 10.6 Å². The van der Waals surface area contributed by atoms with Crippen LogP contribution in [0, 0.1) is 0 Å². The van der Waals surface area contributed by atoms with E-state index in [1.807, 2.05) is 51.1 Å². The largest absolute Gasteiger partial charge is 0.395 e. The van der Waals surface area contributed by atoms with Gasteiger partial charge in [0.05, 0.1) is 6.04 Å². The van der Waals surface area contributed by atoms with Crippen molar-refractivity contribution in [1.29, 1.82) is 0 Å². The molecule has 0 spiro atoms. The molecule has 6 heteroatoms. The first-order chi connectivity index (χ1) is 11.0. The second-order valence-corrected chi connectivity index (χ2v) is 8.98. The number of nitrogens with one attached hydrogen (secondary N) is 2. The maximum Gasteiger partial charge on any atom is 0.334 e. The molecule has 1 aromatic rings. The normalized spacial score (nSPS) is 12.7. The summed E-state index contributed by atoms with van der Waals surface area (Å²) in [5.74, 6) is 0. The van der Waals surface area contributed by atoms with Gasteiger partial charge in [-0.05, 0) is 45.3 Å². The van der Waals surface area contributed by atoms with E-state index >= 15 is 0 Å². The van der Waals surface area contributed by atoms with E-state index in [1.165, 1.54) is 0 Å². The molecule has 0 saturated heterocycles. The minimum atomic E-state index is -2.08. The molecule has 1 aromatic carbocycles. The van der Waals surface area contributed by atoms with E-state index < -0.39 is 8.56 Å². The molecule has 0 bridgehead atoms. The van der Waals surface area contributed by atoms with Crippen LogP contribution in [0.15, 0.2) is 30.3 Å². The van der Waals surface area contributed by atoms with Gasteiger partial charge in [0.1, 0.15) is 0 Å². The second kappa shape index (κ2) is 10.4. The van der Waals surface area contributed by atoms with Gasteiger partial charge in [-0.15, -0.1) is 0 Å². The summed E-state index contributed by atoms with van der Waals surface area (Å²) in [6.45, 7) is 10.00. The molecule has 0 unspecified atom stereocenters. The monoisotopic (exact) mass is 338 g/mol. The summed E-state index contributed by atoms with van der Waals surface area (Å²) in [6.07, 6.45) is 0.857. The third kappa shape index (κ3) is 7.63. The van der Waals surface area contributed by atoms with Crippen LogP contribution < -0.4 is 10.6 Å². The van der Waals surface area contributed by atoms with Gasteiger partial charge in [0, 0.05) is 19.8 Å². The average Bonchev–Trinajstić information content (AvgIpc) is 2.53. The third-order valence-electron chi connectivity index (χ3n) is 3.64. The zero-order valence-corrected chi connectivity index (χ0v) is 15.7. The molecule has 0 aliphatic carbocycles. The van der Waals surface area contributed by atoms with E-state index in [9.17, 15) is 4.79 Å². The van der Waals surface area contributed by atoms with Crippen LogP contribution in [0.2, 0.25) is 12.6 Å². The number of hydrogen-bond acceptors (Lipinski definition) is 3. The predicted molar refractivity (Wildman–Crippen MR) is 95.7 cm³/mol. The number of rotatable bonds is 10. The van der Waals surface area contributed by atoms with Gasteiger partial charge in [-0.1, -0.05) is 30.3 Å². The standard InChI is InChI=1S/C17H30N2O3Si/c1-5-21-23(4,22-6-2)14-10-13-18-17(20)19-15(3)16-11-8-7-9-12-16/h7-9,11-12,15H,5-6,10,13-14H2,1-4H3,(H2,18,19,20)/t15-/m1/s1. The van der Waals surface area contributed by atoms with E-state index in [2.05, 4.69) is 17.2 Å². The van der Waals surface area contributed by atoms with Crippen molar-refractivity contribution < 1.29 is 13.6 Å². The van der Waals surface area contributed by atoms with Gasteiger partial charge < -0.3 is 19.5 Å². The van der Waals surface area contributed by atoms with Crippen molar-refractivity contribution in [3.8, 4) is 0 Å². The van der Waals surface area contributed by atoms with Gasteiger partial charge in [-0.2, -0.15) is 0 Å². The summed E-state index contributed by atoms with van der Waals surface area (Å²) in [5, 5.41) is 5.84. The summed E-state index contributed by atoms with van der Waals surface area (Å²) in [4.78, 5) is 11.9. The molecule has 0 aliphatic rings. The lowest BCUT2D eigenvalue weighted by atomic mass is 10.1. The molecule has 5 nitrogen and oxygen atoms in total. The highest BCUT2D eigenvalue weighted by Crippen LogP contribution is 2.15. The predicted octanol–water partition coefficient (Wildman–Crippen LogP) is 3.58. The first-order valence-electron chi connectivity index (χ1n) is 8.38. The fraction of sp³-hybridized carbons (Fsp3) is 0.588. The second-order valence-electron chi connectivity index (χ2n) is 5.64. The molecule has 2 N–H and O–H groups in total. The van der Waals surface area contributed by atoms with Gasteiger partial charge >= 0.3 is 14.6 Å². The smallest absolute Gasteiger partial charge is 0.334 e. The summed E-state index contributed by atoms with van der Waals surface area (Å²) >= 11 is 0. The van der Waals surface area contributed by atoms with Crippen LogP contribution in [0.25, 0.3) is 0 Å². The van der Waals surface area contributed by atoms with Crippen LogP contribution >= 0.6 is 0 Å². The maximum absolute atomic E-state index is 11.9. The molecule has 0 radical (unpaired) electrons. The van der Waals surface area contributed by atoms with Crippen molar-refractivity contribution in [2.75, 3.05) is 19.8 Å². The Morgan fingerprint density at radius 1 is 1.17 bits per heavy atom. The first-order valence-corrected chi connectivity index (χ1v) is 10.9. The average molecular weight is 339 g/mol. The van der Waals surface area contributed by atoms with Crippen LogP contribution in [0.5, 0.6) is 0 Å². The van der Waals surface area contributed by atoms with Crippen LogP contribution in [-0.2, 0) is 8.85 Å². The van der Waals surface area contributed by atoms with Crippen molar-refractivity contribution in [3.63, 3.8) is 0 Å². The molecule has 23 heavy (non-hydrogen) atoms. The van der Waals surface area contributed by atoms with E-state index in [4.69, 9.17) is 8.85 Å². The highest BCUT2D eigenvalue weighted by atomic mass is 28.4. The molecule has 1 rings (SSSR count). The molecule has 0 fully saturated rings. The lowest BCUT2D eigenvalue weighted by Gasteiger charge is -2.26. The number of carbonyl (C=O) groups excluding carboxylic acids is 1. The lowest BCUT2D eigenvalue weighted by molar-refractivity contribution is 0.188. The van der Waals surface area contributed by atoms with E-state index in [0.717, 1.165) is 18.0 Å². The number of benzene rings is 1. The van der Waals surface area contributed by atoms with Gasteiger partial charge in [0.15, 0.2) is 0 Å². The molecular weight excluding hydrogens is 308 g/mol. The van der Waals surface area contributed by atoms with Crippen LogP contribution in [-0.4, -0.2) is 34.4 Å². The first kappa shape index (κ1) is 19.7. The molecular formula is C17H30N2O3Si. The van der Waals surface area contributed by atoms with Gasteiger partial charge in [-0.3, -0.25) is 0 Å². The Morgan fingerprint density at radius 2 is 1.78 bits per heavy atom. The minimum absolute atomic E-state index is 0.0114. The Kier molecular flexibility index (Phi) is 8.90. The summed E-state index contributed by atoms with van der Waals surface area (Å²) in [5.41, 5.74) is 1.09. The molecule has 1 atom stereocenters. The number of amides is 2. The van der Waals surface area contributed by atoms with Crippen molar-refractivity contribution in [2.45, 2.75) is 45.8 Å². The van der Waals surface area contributed by atoms with E-state index in [-0.39, 0.29) is 12.1 Å².